The topological polar surface area (TPSA) is 58.4 Å². The van der Waals surface area contributed by atoms with Crippen LogP contribution in [-0.2, 0) is 4.79 Å². The normalized spacial score (nSPS) is 18.9. The summed E-state index contributed by atoms with van der Waals surface area (Å²) in [5.41, 5.74) is 5.66. The van der Waals surface area contributed by atoms with Crippen LogP contribution in [0.4, 0.5) is 0 Å². The Morgan fingerprint density at radius 2 is 2.06 bits per heavy atom. The van der Waals surface area contributed by atoms with Crippen LogP contribution < -0.4 is 11.1 Å². The summed E-state index contributed by atoms with van der Waals surface area (Å²) >= 11 is 2.01. The maximum atomic E-state index is 11.9. The average Bonchev–Trinajstić information content (AvgIpc) is 2.36. The predicted molar refractivity (Wildman–Crippen MR) is 78.8 cm³/mol. The van der Waals surface area contributed by atoms with E-state index in [2.05, 4.69) is 24.1 Å². The summed E-state index contributed by atoms with van der Waals surface area (Å²) in [6.07, 6.45) is 0.878. The molecule has 3 N–H and O–H groups in total. The first-order chi connectivity index (χ1) is 8.63. The number of carbonyl (C=O) groups excluding carboxylic acids is 1. The Balaban J connectivity index is 2.18. The minimum Gasteiger partial charge on any atom is -0.355 e. The minimum atomic E-state index is -0.0260. The van der Waals surface area contributed by atoms with Gasteiger partial charge in [0.05, 0.1) is 5.92 Å². The Morgan fingerprint density at radius 1 is 1.39 bits per heavy atom. The van der Waals surface area contributed by atoms with Gasteiger partial charge in [0.1, 0.15) is 0 Å². The van der Waals surface area contributed by atoms with Gasteiger partial charge in [-0.05, 0) is 12.3 Å². The van der Waals surface area contributed by atoms with Crippen LogP contribution in [0.15, 0.2) is 0 Å². The summed E-state index contributed by atoms with van der Waals surface area (Å²) in [5, 5.41) is 3.02. The zero-order valence-corrected chi connectivity index (χ0v) is 12.5. The fourth-order valence-corrected chi connectivity index (χ4v) is 3.16. The molecule has 106 valence electrons. The third-order valence-corrected chi connectivity index (χ3v) is 4.18. The molecule has 1 saturated heterocycles. The molecule has 0 aromatic rings. The average molecular weight is 273 g/mol. The molecule has 0 radical (unpaired) electrons. The monoisotopic (exact) mass is 273 g/mol. The summed E-state index contributed by atoms with van der Waals surface area (Å²) in [5.74, 6) is 3.04. The second-order valence-corrected chi connectivity index (χ2v) is 6.53. The van der Waals surface area contributed by atoms with Gasteiger partial charge in [0.15, 0.2) is 0 Å². The van der Waals surface area contributed by atoms with Crippen LogP contribution >= 0.6 is 11.8 Å². The molecule has 0 aromatic carbocycles. The van der Waals surface area contributed by atoms with Crippen molar-refractivity contribution in [2.75, 3.05) is 44.2 Å². The molecule has 0 saturated carbocycles. The molecule has 1 aliphatic heterocycles. The zero-order chi connectivity index (χ0) is 13.4. The number of carbonyl (C=O) groups is 1. The Labute approximate surface area is 115 Å². The molecule has 1 unspecified atom stereocenters. The lowest BCUT2D eigenvalue weighted by Crippen LogP contribution is -2.42. The van der Waals surface area contributed by atoms with Crippen molar-refractivity contribution < 1.29 is 4.79 Å². The number of hydrogen-bond acceptors (Lipinski definition) is 4. The van der Waals surface area contributed by atoms with Crippen molar-refractivity contribution in [3.8, 4) is 0 Å². The van der Waals surface area contributed by atoms with Crippen LogP contribution in [-0.4, -0.2) is 55.0 Å². The molecule has 1 heterocycles. The maximum absolute atomic E-state index is 11.9. The van der Waals surface area contributed by atoms with Gasteiger partial charge in [0, 0.05) is 44.2 Å². The van der Waals surface area contributed by atoms with Crippen molar-refractivity contribution in [3.63, 3.8) is 0 Å². The molecule has 0 spiro atoms. The second kappa shape index (κ2) is 8.77. The van der Waals surface area contributed by atoms with Crippen LogP contribution in [0.5, 0.6) is 0 Å². The number of nitrogens with two attached hydrogens (primary N) is 1. The van der Waals surface area contributed by atoms with Gasteiger partial charge in [-0.1, -0.05) is 13.8 Å². The predicted octanol–water partition coefficient (Wildman–Crippen LogP) is 0.772. The SMILES string of the molecule is CC(C)CC(CN)C(=O)NCCN1CCSCC1. The Kier molecular flexibility index (Phi) is 7.70. The lowest BCUT2D eigenvalue weighted by Gasteiger charge is -2.26. The molecule has 1 fully saturated rings. The van der Waals surface area contributed by atoms with Gasteiger partial charge < -0.3 is 11.1 Å². The molecular weight excluding hydrogens is 246 g/mol. The quantitative estimate of drug-likeness (QED) is 0.719. The Morgan fingerprint density at radius 3 is 2.61 bits per heavy atom. The van der Waals surface area contributed by atoms with E-state index in [1.54, 1.807) is 0 Å². The largest absolute Gasteiger partial charge is 0.355 e. The van der Waals surface area contributed by atoms with E-state index in [4.69, 9.17) is 5.73 Å². The van der Waals surface area contributed by atoms with E-state index < -0.39 is 0 Å². The number of thioether (sulfide) groups is 1. The van der Waals surface area contributed by atoms with Crippen molar-refractivity contribution in [1.82, 2.24) is 10.2 Å². The first kappa shape index (κ1) is 15.8. The third-order valence-electron chi connectivity index (χ3n) is 3.24. The van der Waals surface area contributed by atoms with Crippen LogP contribution in [0.1, 0.15) is 20.3 Å². The van der Waals surface area contributed by atoms with E-state index in [9.17, 15) is 4.79 Å². The Bertz CT molecular complexity index is 242. The molecule has 1 rings (SSSR count). The summed E-state index contributed by atoms with van der Waals surface area (Å²) in [7, 11) is 0. The highest BCUT2D eigenvalue weighted by atomic mass is 32.2. The van der Waals surface area contributed by atoms with Crippen molar-refractivity contribution in [3.05, 3.63) is 0 Å². The highest BCUT2D eigenvalue weighted by molar-refractivity contribution is 7.99. The summed E-state index contributed by atoms with van der Waals surface area (Å²) in [4.78, 5) is 14.4. The van der Waals surface area contributed by atoms with Gasteiger partial charge >= 0.3 is 0 Å². The van der Waals surface area contributed by atoms with E-state index in [1.807, 2.05) is 11.8 Å². The molecular formula is C13H27N3OS. The van der Waals surface area contributed by atoms with E-state index in [0.29, 0.717) is 12.5 Å². The van der Waals surface area contributed by atoms with E-state index in [-0.39, 0.29) is 11.8 Å². The molecule has 1 atom stereocenters. The first-order valence-corrected chi connectivity index (χ1v) is 8.06. The molecule has 1 amide bonds. The van der Waals surface area contributed by atoms with Crippen LogP contribution in [0.2, 0.25) is 0 Å². The Hall–Kier alpha value is -0.260. The van der Waals surface area contributed by atoms with E-state index in [1.165, 1.54) is 11.5 Å². The van der Waals surface area contributed by atoms with Crippen LogP contribution in [0.3, 0.4) is 0 Å². The fourth-order valence-electron chi connectivity index (χ4n) is 2.19. The first-order valence-electron chi connectivity index (χ1n) is 6.91. The van der Waals surface area contributed by atoms with Crippen molar-refractivity contribution in [2.24, 2.45) is 17.6 Å². The smallest absolute Gasteiger partial charge is 0.224 e. The van der Waals surface area contributed by atoms with Gasteiger partial charge in [-0.25, -0.2) is 0 Å². The third kappa shape index (κ3) is 6.07. The number of nitrogens with zero attached hydrogens (tertiary/aromatic N) is 1. The number of amides is 1. The summed E-state index contributed by atoms with van der Waals surface area (Å²) in [6, 6.07) is 0. The molecule has 0 bridgehead atoms. The standard InChI is InChI=1S/C13H27N3OS/c1-11(2)9-12(10-14)13(17)15-3-4-16-5-7-18-8-6-16/h11-12H,3-10,14H2,1-2H3,(H,15,17). The summed E-state index contributed by atoms with van der Waals surface area (Å²) < 4.78 is 0. The highest BCUT2D eigenvalue weighted by Crippen LogP contribution is 2.11. The van der Waals surface area contributed by atoms with Gasteiger partial charge in [-0.15, -0.1) is 0 Å². The maximum Gasteiger partial charge on any atom is 0.224 e. The molecule has 1 aliphatic rings. The van der Waals surface area contributed by atoms with Gasteiger partial charge in [-0.3, -0.25) is 9.69 Å². The van der Waals surface area contributed by atoms with Crippen LogP contribution in [0, 0.1) is 11.8 Å². The van der Waals surface area contributed by atoms with Crippen molar-refractivity contribution >= 4 is 17.7 Å². The molecule has 0 aliphatic carbocycles. The van der Waals surface area contributed by atoms with Gasteiger partial charge in [0.2, 0.25) is 5.91 Å². The number of nitrogens with one attached hydrogen (secondary N) is 1. The van der Waals surface area contributed by atoms with Crippen LogP contribution in [0.25, 0.3) is 0 Å². The summed E-state index contributed by atoms with van der Waals surface area (Å²) in [6.45, 7) is 8.70. The lowest BCUT2D eigenvalue weighted by molar-refractivity contribution is -0.125. The minimum absolute atomic E-state index is 0.0260. The lowest BCUT2D eigenvalue weighted by atomic mass is 9.96. The van der Waals surface area contributed by atoms with Crippen molar-refractivity contribution in [1.29, 1.82) is 0 Å². The highest BCUT2D eigenvalue weighted by Gasteiger charge is 2.18. The number of rotatable bonds is 7. The molecule has 5 heteroatoms. The van der Waals surface area contributed by atoms with Gasteiger partial charge in [-0.2, -0.15) is 11.8 Å². The zero-order valence-electron chi connectivity index (χ0n) is 11.7. The molecule has 0 aromatic heterocycles. The fraction of sp³-hybridized carbons (Fsp3) is 0.923. The van der Waals surface area contributed by atoms with E-state index in [0.717, 1.165) is 32.6 Å². The molecule has 4 nitrogen and oxygen atoms in total. The van der Waals surface area contributed by atoms with Gasteiger partial charge in [0.25, 0.3) is 0 Å². The molecule has 18 heavy (non-hydrogen) atoms. The van der Waals surface area contributed by atoms with E-state index >= 15 is 0 Å². The second-order valence-electron chi connectivity index (χ2n) is 5.31. The van der Waals surface area contributed by atoms with Crippen molar-refractivity contribution in [2.45, 2.75) is 20.3 Å². The number of hydrogen-bond donors (Lipinski definition) is 2.